The van der Waals surface area contributed by atoms with E-state index in [0.29, 0.717) is 38.2 Å². The molecule has 4 N–H and O–H groups in total. The van der Waals surface area contributed by atoms with E-state index in [-0.39, 0.29) is 57.4 Å². The van der Waals surface area contributed by atoms with Gasteiger partial charge in [-0.2, -0.15) is 0 Å². The van der Waals surface area contributed by atoms with Crippen LogP contribution in [0, 0.1) is 0 Å². The van der Waals surface area contributed by atoms with Crippen LogP contribution in [0.15, 0.2) is 42.8 Å². The lowest BCUT2D eigenvalue weighted by molar-refractivity contribution is -0.145. The smallest absolute Gasteiger partial charge is 0.408 e. The summed E-state index contributed by atoms with van der Waals surface area (Å²) < 4.78 is 21.7. The van der Waals surface area contributed by atoms with Crippen molar-refractivity contribution in [3.63, 3.8) is 0 Å². The number of nitrogens with one attached hydrogen (secondary N) is 4. The van der Waals surface area contributed by atoms with E-state index < -0.39 is 40.9 Å². The van der Waals surface area contributed by atoms with Crippen molar-refractivity contribution in [3.8, 4) is 0 Å². The maximum absolute atomic E-state index is 13.5. The van der Waals surface area contributed by atoms with E-state index in [4.69, 9.17) is 18.9 Å². The maximum Gasteiger partial charge on any atom is 0.408 e. The van der Waals surface area contributed by atoms with Crippen LogP contribution >= 0.6 is 0 Å². The topological polar surface area (TPSA) is 174 Å². The highest BCUT2D eigenvalue weighted by atomic mass is 16.6. The zero-order valence-electron chi connectivity index (χ0n) is 32.8. The molecule has 14 heteroatoms. The molecule has 52 heavy (non-hydrogen) atoms. The molecule has 4 amide bonds. The SMILES string of the molecule is C=C(NCCN(CCNC(=O)OC(C)(C)C)C(=O)CC[C@H](NC(=O)OC(C)(C)C)C(=O)NCCCCCC(=O)OCc1ccccc1)OC(C)(C)C. The third-order valence-electron chi connectivity index (χ3n) is 6.79. The minimum atomic E-state index is -1.05. The number of carbonyl (C=O) groups excluding carboxylic acids is 5. The number of nitrogens with zero attached hydrogens (tertiary/aromatic N) is 1. The summed E-state index contributed by atoms with van der Waals surface area (Å²) in [5.41, 5.74) is -1.01. The first-order chi connectivity index (χ1) is 24.1. The van der Waals surface area contributed by atoms with Gasteiger partial charge in [-0.25, -0.2) is 9.59 Å². The van der Waals surface area contributed by atoms with E-state index in [1.165, 1.54) is 0 Å². The largest absolute Gasteiger partial charge is 0.474 e. The zero-order chi connectivity index (χ0) is 39.4. The molecule has 0 radical (unpaired) electrons. The van der Waals surface area contributed by atoms with Gasteiger partial charge >= 0.3 is 18.2 Å². The first-order valence-corrected chi connectivity index (χ1v) is 18.0. The Morgan fingerprint density at radius 3 is 1.87 bits per heavy atom. The van der Waals surface area contributed by atoms with Gasteiger partial charge in [0.2, 0.25) is 11.8 Å². The molecule has 0 saturated heterocycles. The molecule has 0 aliphatic rings. The average molecular weight is 734 g/mol. The van der Waals surface area contributed by atoms with Crippen LogP contribution in [0.2, 0.25) is 0 Å². The number of hydrogen-bond donors (Lipinski definition) is 4. The van der Waals surface area contributed by atoms with Gasteiger partial charge in [-0.3, -0.25) is 14.4 Å². The molecule has 0 fully saturated rings. The van der Waals surface area contributed by atoms with Crippen LogP contribution in [-0.4, -0.2) is 90.4 Å². The molecule has 0 unspecified atom stereocenters. The molecule has 0 aromatic heterocycles. The number of ether oxygens (including phenoxy) is 4. The maximum atomic E-state index is 13.5. The number of benzene rings is 1. The molecule has 1 aromatic rings. The summed E-state index contributed by atoms with van der Waals surface area (Å²) in [6, 6.07) is 8.39. The molecule has 0 aliphatic heterocycles. The molecular weight excluding hydrogens is 670 g/mol. The van der Waals surface area contributed by atoms with Crippen LogP contribution in [0.3, 0.4) is 0 Å². The van der Waals surface area contributed by atoms with E-state index in [1.54, 1.807) is 46.4 Å². The third kappa shape index (κ3) is 23.8. The predicted octanol–water partition coefficient (Wildman–Crippen LogP) is 5.31. The Morgan fingerprint density at radius 2 is 1.27 bits per heavy atom. The van der Waals surface area contributed by atoms with Crippen LogP contribution in [0.1, 0.15) is 106 Å². The van der Waals surface area contributed by atoms with Gasteiger partial charge in [0.1, 0.15) is 29.5 Å². The molecular formula is C38H63N5O9. The number of rotatable bonds is 21. The van der Waals surface area contributed by atoms with Gasteiger partial charge in [0.05, 0.1) is 0 Å². The van der Waals surface area contributed by atoms with E-state index in [0.717, 1.165) is 5.56 Å². The van der Waals surface area contributed by atoms with Gasteiger partial charge in [-0.15, -0.1) is 0 Å². The summed E-state index contributed by atoms with van der Waals surface area (Å²) >= 11 is 0. The fourth-order valence-corrected chi connectivity index (χ4v) is 4.56. The predicted molar refractivity (Wildman–Crippen MR) is 199 cm³/mol. The summed E-state index contributed by atoms with van der Waals surface area (Å²) in [5.74, 6) is -0.685. The first-order valence-electron chi connectivity index (χ1n) is 18.0. The number of unbranched alkanes of at least 4 members (excludes halogenated alkanes) is 2. The standard InChI is InChI=1S/C38H63N5O9/c1-28(50-36(2,3)4)39-23-25-43(26-24-41-34(47)51-37(5,6)7)31(44)21-20-30(42-35(48)52-38(8,9)10)33(46)40-22-16-12-15-19-32(45)49-27-29-17-13-11-14-18-29/h11,13-14,17-18,30,39H,1,12,15-16,19-27H2,2-10H3,(H,40,46)(H,41,47)(H,42,48)/t30-/m0/s1. The summed E-state index contributed by atoms with van der Waals surface area (Å²) in [4.78, 5) is 65.2. The second-order valence-corrected chi connectivity index (χ2v) is 15.4. The zero-order valence-corrected chi connectivity index (χ0v) is 32.8. The fourth-order valence-electron chi connectivity index (χ4n) is 4.56. The molecule has 0 heterocycles. The molecule has 14 nitrogen and oxygen atoms in total. The molecule has 1 atom stereocenters. The van der Waals surface area contributed by atoms with E-state index in [9.17, 15) is 24.0 Å². The van der Waals surface area contributed by atoms with Crippen molar-refractivity contribution in [2.75, 3.05) is 32.7 Å². The molecule has 1 rings (SSSR count). The van der Waals surface area contributed by atoms with E-state index in [1.807, 2.05) is 51.1 Å². The molecule has 0 bridgehead atoms. The highest BCUT2D eigenvalue weighted by Crippen LogP contribution is 2.12. The van der Waals surface area contributed by atoms with Crippen LogP contribution in [0.5, 0.6) is 0 Å². The van der Waals surface area contributed by atoms with Gasteiger partial charge in [0.25, 0.3) is 0 Å². The van der Waals surface area contributed by atoms with Gasteiger partial charge < -0.3 is 45.1 Å². The highest BCUT2D eigenvalue weighted by molar-refractivity contribution is 5.86. The minimum Gasteiger partial charge on any atom is -0.474 e. The van der Waals surface area contributed by atoms with Crippen molar-refractivity contribution in [1.29, 1.82) is 0 Å². The van der Waals surface area contributed by atoms with Crippen molar-refractivity contribution in [2.24, 2.45) is 0 Å². The fraction of sp³-hybridized carbons (Fsp3) is 0.658. The van der Waals surface area contributed by atoms with Crippen LogP contribution < -0.4 is 21.3 Å². The molecule has 0 aliphatic carbocycles. The third-order valence-corrected chi connectivity index (χ3v) is 6.79. The molecule has 0 saturated carbocycles. The molecule has 1 aromatic carbocycles. The Morgan fingerprint density at radius 1 is 0.692 bits per heavy atom. The number of alkyl carbamates (subject to hydrolysis) is 2. The van der Waals surface area contributed by atoms with Crippen molar-refractivity contribution in [1.82, 2.24) is 26.2 Å². The second kappa shape index (κ2) is 22.4. The second-order valence-electron chi connectivity index (χ2n) is 15.4. The monoisotopic (exact) mass is 733 g/mol. The van der Waals surface area contributed by atoms with Crippen LogP contribution in [0.4, 0.5) is 9.59 Å². The Hall–Kier alpha value is -4.49. The highest BCUT2D eigenvalue weighted by Gasteiger charge is 2.26. The van der Waals surface area contributed by atoms with Crippen molar-refractivity contribution >= 4 is 30.0 Å². The lowest BCUT2D eigenvalue weighted by Gasteiger charge is -2.27. The van der Waals surface area contributed by atoms with Crippen LogP contribution in [-0.2, 0) is 39.9 Å². The van der Waals surface area contributed by atoms with Gasteiger partial charge in [-0.1, -0.05) is 36.8 Å². The van der Waals surface area contributed by atoms with Gasteiger partial charge in [0.15, 0.2) is 5.88 Å². The number of hydrogen-bond acceptors (Lipinski definition) is 10. The van der Waals surface area contributed by atoms with Crippen LogP contribution in [0.25, 0.3) is 0 Å². The van der Waals surface area contributed by atoms with E-state index >= 15 is 0 Å². The Bertz CT molecular complexity index is 1250. The minimum absolute atomic E-state index is 0.000428. The summed E-state index contributed by atoms with van der Waals surface area (Å²) in [6.45, 7) is 21.3. The Balaban J connectivity index is 2.77. The average Bonchev–Trinajstić information content (AvgIpc) is 3.00. The van der Waals surface area contributed by atoms with Crippen molar-refractivity contribution in [3.05, 3.63) is 48.4 Å². The normalized spacial score (nSPS) is 12.1. The molecule has 294 valence electrons. The quantitative estimate of drug-likeness (QED) is 0.0562. The van der Waals surface area contributed by atoms with Gasteiger partial charge in [-0.05, 0) is 93.7 Å². The van der Waals surface area contributed by atoms with Crippen molar-refractivity contribution in [2.45, 2.75) is 130 Å². The number of esters is 1. The lowest BCUT2D eigenvalue weighted by Crippen LogP contribution is -2.49. The van der Waals surface area contributed by atoms with Crippen molar-refractivity contribution < 1.29 is 42.9 Å². The first kappa shape index (κ1) is 45.5. The summed E-state index contributed by atoms with van der Waals surface area (Å²) in [7, 11) is 0. The number of amides is 4. The number of carbonyl (C=O) groups is 5. The summed E-state index contributed by atoms with van der Waals surface area (Å²) in [5, 5.41) is 11.1. The Kier molecular flexibility index (Phi) is 19.7. The van der Waals surface area contributed by atoms with E-state index in [2.05, 4.69) is 27.8 Å². The Labute approximate surface area is 310 Å². The van der Waals surface area contributed by atoms with Gasteiger partial charge in [0, 0.05) is 45.6 Å². The summed E-state index contributed by atoms with van der Waals surface area (Å²) in [6.07, 6.45) is 0.678. The lowest BCUT2D eigenvalue weighted by atomic mass is 10.1. The molecule has 0 spiro atoms.